The van der Waals surface area contributed by atoms with Crippen LogP contribution in [-0.4, -0.2) is 15.7 Å². The fraction of sp³-hybridized carbons (Fsp3) is 0.0943. The van der Waals surface area contributed by atoms with Crippen LogP contribution < -0.4 is 20.7 Å². The first-order chi connectivity index (χ1) is 27.7. The summed E-state index contributed by atoms with van der Waals surface area (Å²) in [6.07, 6.45) is 0. The minimum atomic E-state index is -0.693. The first kappa shape index (κ1) is 34.9. The van der Waals surface area contributed by atoms with Gasteiger partial charge in [0.2, 0.25) is 0 Å². The molecule has 0 aromatic heterocycles. The number of fused-ring (bicyclic) bond motifs is 10. The van der Waals surface area contributed by atoms with E-state index in [1.807, 2.05) is 12.1 Å². The zero-order chi connectivity index (χ0) is 39.0. The Morgan fingerprint density at radius 2 is 0.596 bits per heavy atom. The van der Waals surface area contributed by atoms with Crippen molar-refractivity contribution in [1.82, 2.24) is 0 Å². The molecule has 4 heteroatoms. The number of rotatable bonds is 6. The predicted octanol–water partition coefficient (Wildman–Crippen LogP) is 11.8. The Bertz CT molecular complexity index is 2620. The maximum absolute atomic E-state index is 6.76. The molecule has 0 heterocycles. The quantitative estimate of drug-likeness (QED) is 0.157. The Morgan fingerprint density at radius 1 is 0.316 bits per heavy atom. The van der Waals surface area contributed by atoms with E-state index in [2.05, 4.69) is 195 Å². The van der Waals surface area contributed by atoms with Gasteiger partial charge in [0, 0.05) is 34.1 Å². The SMILES string of the molecule is [B]c1ccc2c(c1)C1(c3cc([B])ccc3-2)c2cc(N(c3cccc(C)c3)c3cccc(C)c3)ccc2-c2ccc(N(c3cccc(C)c3)c3cccc(C)c3)cc21. The van der Waals surface area contributed by atoms with Crippen LogP contribution in [0.1, 0.15) is 44.5 Å². The highest BCUT2D eigenvalue weighted by Crippen LogP contribution is 2.64. The van der Waals surface area contributed by atoms with Gasteiger partial charge in [0.05, 0.1) is 5.41 Å². The summed E-state index contributed by atoms with van der Waals surface area (Å²) in [6, 6.07) is 61.9. The first-order valence-electron chi connectivity index (χ1n) is 19.7. The number of aryl methyl sites for hydroxylation is 4. The van der Waals surface area contributed by atoms with E-state index in [4.69, 9.17) is 15.7 Å². The Morgan fingerprint density at radius 3 is 0.912 bits per heavy atom. The molecule has 0 N–H and O–H groups in total. The van der Waals surface area contributed by atoms with E-state index in [9.17, 15) is 0 Å². The maximum atomic E-state index is 6.76. The number of hydrogen-bond acceptors (Lipinski definition) is 2. The average Bonchev–Trinajstić information content (AvgIpc) is 3.64. The average molecular weight is 727 g/mol. The van der Waals surface area contributed by atoms with E-state index in [1.165, 1.54) is 66.8 Å². The molecule has 0 fully saturated rings. The van der Waals surface area contributed by atoms with Crippen molar-refractivity contribution < 1.29 is 0 Å². The minimum Gasteiger partial charge on any atom is -0.310 e. The van der Waals surface area contributed by atoms with Crippen molar-refractivity contribution in [2.24, 2.45) is 0 Å². The standard InChI is InChI=1S/C53H40B2N2/c1-33-9-5-13-39(25-33)56(40-14-6-10-34(2)26-40)43-19-23-47-48-24-20-44(57(41-15-7-11-35(3)27-41)42-16-8-12-36(4)28-42)32-52(48)53(51(47)31-43)49-29-37(54)17-21-45(49)46-22-18-38(55)30-50(46)53/h5-32H,1-4H3. The molecule has 8 aromatic carbocycles. The summed E-state index contributed by atoms with van der Waals surface area (Å²) in [6.45, 7) is 8.62. The molecule has 8 aromatic rings. The van der Waals surface area contributed by atoms with Crippen LogP contribution in [0.15, 0.2) is 170 Å². The van der Waals surface area contributed by atoms with Crippen LogP contribution in [0.2, 0.25) is 0 Å². The molecule has 2 nitrogen and oxygen atoms in total. The lowest BCUT2D eigenvalue weighted by Crippen LogP contribution is -2.28. The van der Waals surface area contributed by atoms with Gasteiger partial charge >= 0.3 is 0 Å². The fourth-order valence-corrected chi connectivity index (χ4v) is 9.48. The lowest BCUT2D eigenvalue weighted by Gasteiger charge is -2.34. The summed E-state index contributed by atoms with van der Waals surface area (Å²) in [5.41, 5.74) is 21.8. The van der Waals surface area contributed by atoms with Crippen molar-refractivity contribution in [3.05, 3.63) is 214 Å². The zero-order valence-electron chi connectivity index (χ0n) is 32.7. The van der Waals surface area contributed by atoms with Gasteiger partial charge in [-0.25, -0.2) is 0 Å². The Hall–Kier alpha value is -6.51. The summed E-state index contributed by atoms with van der Waals surface area (Å²) in [5, 5.41) is 0. The molecule has 10 rings (SSSR count). The van der Waals surface area contributed by atoms with Crippen molar-refractivity contribution in [1.29, 1.82) is 0 Å². The van der Waals surface area contributed by atoms with E-state index in [0.717, 1.165) is 45.0 Å². The van der Waals surface area contributed by atoms with Crippen LogP contribution in [-0.2, 0) is 5.41 Å². The van der Waals surface area contributed by atoms with Crippen molar-refractivity contribution in [3.8, 4) is 22.3 Å². The summed E-state index contributed by atoms with van der Waals surface area (Å²) < 4.78 is 0. The van der Waals surface area contributed by atoms with Gasteiger partial charge in [-0.05, 0) is 167 Å². The molecule has 0 atom stereocenters. The van der Waals surface area contributed by atoms with Crippen LogP contribution in [0.5, 0.6) is 0 Å². The topological polar surface area (TPSA) is 6.48 Å². The molecule has 0 saturated carbocycles. The monoisotopic (exact) mass is 726 g/mol. The zero-order valence-corrected chi connectivity index (χ0v) is 32.7. The Balaban J connectivity index is 1.28. The Labute approximate surface area is 338 Å². The van der Waals surface area contributed by atoms with Crippen molar-refractivity contribution >= 4 is 60.7 Å². The molecule has 0 saturated heterocycles. The molecule has 2 aliphatic rings. The smallest absolute Gasteiger partial charge is 0.113 e. The normalized spacial score (nSPS) is 12.8. The molecular weight excluding hydrogens is 686 g/mol. The highest BCUT2D eigenvalue weighted by molar-refractivity contribution is 6.33. The van der Waals surface area contributed by atoms with Crippen LogP contribution in [0.3, 0.4) is 0 Å². The molecule has 0 unspecified atom stereocenters. The molecule has 2 aliphatic carbocycles. The van der Waals surface area contributed by atoms with E-state index >= 15 is 0 Å². The third-order valence-corrected chi connectivity index (χ3v) is 11.8. The third kappa shape index (κ3) is 5.58. The minimum absolute atomic E-state index is 0.693. The van der Waals surface area contributed by atoms with Crippen LogP contribution in [0, 0.1) is 27.7 Å². The number of hydrogen-bond donors (Lipinski definition) is 0. The van der Waals surface area contributed by atoms with Gasteiger partial charge in [0.15, 0.2) is 0 Å². The van der Waals surface area contributed by atoms with E-state index < -0.39 is 5.41 Å². The Kier molecular flexibility index (Phi) is 8.16. The molecule has 57 heavy (non-hydrogen) atoms. The van der Waals surface area contributed by atoms with Gasteiger partial charge in [0.1, 0.15) is 15.7 Å². The van der Waals surface area contributed by atoms with Gasteiger partial charge in [-0.15, -0.1) is 0 Å². The molecular formula is C53H40B2N2. The summed E-state index contributed by atoms with van der Waals surface area (Å²) >= 11 is 0. The summed E-state index contributed by atoms with van der Waals surface area (Å²) in [5.74, 6) is 0. The molecule has 0 amide bonds. The van der Waals surface area contributed by atoms with Gasteiger partial charge in [0.25, 0.3) is 0 Å². The van der Waals surface area contributed by atoms with Crippen molar-refractivity contribution in [2.75, 3.05) is 9.80 Å². The van der Waals surface area contributed by atoms with E-state index in [1.54, 1.807) is 0 Å². The maximum Gasteiger partial charge on any atom is 0.113 e. The highest BCUT2D eigenvalue weighted by Gasteiger charge is 2.52. The largest absolute Gasteiger partial charge is 0.310 e. The molecule has 4 radical (unpaired) electrons. The summed E-state index contributed by atoms with van der Waals surface area (Å²) in [7, 11) is 13.5. The molecule has 268 valence electrons. The highest BCUT2D eigenvalue weighted by atomic mass is 15.1. The second-order valence-electron chi connectivity index (χ2n) is 15.8. The molecule has 0 bridgehead atoms. The van der Waals surface area contributed by atoms with Gasteiger partial charge in [-0.3, -0.25) is 0 Å². The second kappa shape index (κ2) is 13.3. The van der Waals surface area contributed by atoms with Gasteiger partial charge < -0.3 is 9.80 Å². The van der Waals surface area contributed by atoms with Crippen molar-refractivity contribution in [3.63, 3.8) is 0 Å². The lowest BCUT2D eigenvalue weighted by atomic mass is 9.69. The van der Waals surface area contributed by atoms with E-state index in [-0.39, 0.29) is 0 Å². The van der Waals surface area contributed by atoms with E-state index in [0.29, 0.717) is 0 Å². The van der Waals surface area contributed by atoms with Crippen LogP contribution >= 0.6 is 0 Å². The second-order valence-corrected chi connectivity index (χ2v) is 15.8. The number of benzene rings is 8. The molecule has 0 aliphatic heterocycles. The van der Waals surface area contributed by atoms with Gasteiger partial charge in [-0.1, -0.05) is 108 Å². The first-order valence-corrected chi connectivity index (χ1v) is 19.7. The molecule has 1 spiro atoms. The van der Waals surface area contributed by atoms with Crippen LogP contribution in [0.25, 0.3) is 22.3 Å². The number of nitrogens with zero attached hydrogens (tertiary/aromatic N) is 2. The van der Waals surface area contributed by atoms with Crippen molar-refractivity contribution in [2.45, 2.75) is 33.1 Å². The van der Waals surface area contributed by atoms with Gasteiger partial charge in [-0.2, -0.15) is 0 Å². The van der Waals surface area contributed by atoms with Crippen LogP contribution in [0.4, 0.5) is 34.1 Å². The fourth-order valence-electron chi connectivity index (χ4n) is 9.48. The lowest BCUT2D eigenvalue weighted by molar-refractivity contribution is 0.795. The summed E-state index contributed by atoms with van der Waals surface area (Å²) in [4.78, 5) is 4.77. The number of anilines is 6. The third-order valence-electron chi connectivity index (χ3n) is 11.8. The predicted molar refractivity (Wildman–Crippen MR) is 242 cm³/mol.